The fourth-order valence-corrected chi connectivity index (χ4v) is 5.59. The first kappa shape index (κ1) is 17.5. The van der Waals surface area contributed by atoms with Crippen molar-refractivity contribution in [1.29, 1.82) is 0 Å². The summed E-state index contributed by atoms with van der Waals surface area (Å²) >= 11 is 1.29. The van der Waals surface area contributed by atoms with E-state index in [9.17, 15) is 13.2 Å². The minimum absolute atomic E-state index is 0.0106. The van der Waals surface area contributed by atoms with Gasteiger partial charge in [0.15, 0.2) is 5.17 Å². The zero-order valence-electron chi connectivity index (χ0n) is 13.7. The SMILES string of the molecule is CC[C@H]1SC(=NS(=O)(=O)c2ccccc2)N(C2CCCCC2)C1=O. The summed E-state index contributed by atoms with van der Waals surface area (Å²) in [4.78, 5) is 14.5. The van der Waals surface area contributed by atoms with Crippen molar-refractivity contribution in [3.05, 3.63) is 30.3 Å². The average molecular weight is 367 g/mol. The standard InChI is InChI=1S/C17H22N2O3S2/c1-2-15-16(20)19(13-9-5-3-6-10-13)17(23-15)18-24(21,22)14-11-7-4-8-12-14/h4,7-8,11-13,15H,2-3,5-6,9-10H2,1H3/t15-/m1/s1. The van der Waals surface area contributed by atoms with Gasteiger partial charge in [-0.1, -0.05) is 56.1 Å². The lowest BCUT2D eigenvalue weighted by molar-refractivity contribution is -0.128. The first-order valence-corrected chi connectivity index (χ1v) is 10.7. The molecule has 1 aromatic rings. The van der Waals surface area contributed by atoms with Crippen LogP contribution < -0.4 is 0 Å². The van der Waals surface area contributed by atoms with Crippen LogP contribution in [-0.2, 0) is 14.8 Å². The zero-order chi connectivity index (χ0) is 17.2. The maximum absolute atomic E-state index is 12.7. The molecule has 0 unspecified atom stereocenters. The van der Waals surface area contributed by atoms with Gasteiger partial charge in [0, 0.05) is 6.04 Å². The van der Waals surface area contributed by atoms with Gasteiger partial charge in [-0.15, -0.1) is 4.40 Å². The molecule has 7 heteroatoms. The predicted octanol–water partition coefficient (Wildman–Crippen LogP) is 3.42. The highest BCUT2D eigenvalue weighted by molar-refractivity contribution is 8.16. The maximum atomic E-state index is 12.7. The number of amides is 1. The van der Waals surface area contributed by atoms with Crippen molar-refractivity contribution in [2.75, 3.05) is 0 Å². The molecule has 1 heterocycles. The van der Waals surface area contributed by atoms with Crippen LogP contribution in [0, 0.1) is 0 Å². The maximum Gasteiger partial charge on any atom is 0.284 e. The Morgan fingerprint density at radius 2 is 1.83 bits per heavy atom. The summed E-state index contributed by atoms with van der Waals surface area (Å²) in [5.41, 5.74) is 0. The van der Waals surface area contributed by atoms with E-state index in [1.54, 1.807) is 23.1 Å². The fraction of sp³-hybridized carbons (Fsp3) is 0.529. The van der Waals surface area contributed by atoms with Gasteiger partial charge in [-0.25, -0.2) is 0 Å². The Kier molecular flexibility index (Phi) is 5.30. The molecule has 1 saturated heterocycles. The number of carbonyl (C=O) groups excluding carboxylic acids is 1. The van der Waals surface area contributed by atoms with Crippen LogP contribution >= 0.6 is 11.8 Å². The number of thioether (sulfide) groups is 1. The molecule has 1 aliphatic heterocycles. The normalized spacial score (nSPS) is 24.7. The predicted molar refractivity (Wildman–Crippen MR) is 96.5 cm³/mol. The molecular formula is C17H22N2O3S2. The van der Waals surface area contributed by atoms with Crippen LogP contribution in [0.25, 0.3) is 0 Å². The number of benzene rings is 1. The van der Waals surface area contributed by atoms with Crippen LogP contribution in [0.1, 0.15) is 45.4 Å². The van der Waals surface area contributed by atoms with E-state index in [4.69, 9.17) is 0 Å². The summed E-state index contributed by atoms with van der Waals surface area (Å²) < 4.78 is 29.2. The summed E-state index contributed by atoms with van der Waals surface area (Å²) in [6.45, 7) is 1.95. The number of carbonyl (C=O) groups is 1. The largest absolute Gasteiger partial charge is 0.287 e. The van der Waals surface area contributed by atoms with Crippen molar-refractivity contribution in [2.45, 2.75) is 61.6 Å². The molecule has 0 bridgehead atoms. The van der Waals surface area contributed by atoms with E-state index in [1.807, 2.05) is 6.92 Å². The van der Waals surface area contributed by atoms with Crippen LogP contribution in [0.5, 0.6) is 0 Å². The van der Waals surface area contributed by atoms with Crippen molar-refractivity contribution in [2.24, 2.45) is 4.40 Å². The molecule has 1 aromatic carbocycles. The molecule has 130 valence electrons. The molecule has 0 N–H and O–H groups in total. The smallest absolute Gasteiger partial charge is 0.284 e. The highest BCUT2D eigenvalue weighted by atomic mass is 32.2. The third-order valence-corrected chi connectivity index (χ3v) is 7.23. The number of hydrogen-bond donors (Lipinski definition) is 0. The summed E-state index contributed by atoms with van der Waals surface area (Å²) in [7, 11) is -3.80. The number of amidine groups is 1. The highest BCUT2D eigenvalue weighted by Crippen LogP contribution is 2.36. The number of nitrogens with zero attached hydrogens (tertiary/aromatic N) is 2. The molecule has 1 aliphatic carbocycles. The monoisotopic (exact) mass is 366 g/mol. The number of sulfonamides is 1. The Hall–Kier alpha value is -1.34. The van der Waals surface area contributed by atoms with E-state index in [0.717, 1.165) is 25.7 Å². The quantitative estimate of drug-likeness (QED) is 0.819. The lowest BCUT2D eigenvalue weighted by Gasteiger charge is -2.30. The minimum atomic E-state index is -3.80. The molecule has 2 fully saturated rings. The summed E-state index contributed by atoms with van der Waals surface area (Å²) in [5.74, 6) is 0.0106. The second kappa shape index (κ2) is 7.27. The van der Waals surface area contributed by atoms with Crippen LogP contribution in [0.2, 0.25) is 0 Å². The van der Waals surface area contributed by atoms with Gasteiger partial charge < -0.3 is 0 Å². The molecule has 24 heavy (non-hydrogen) atoms. The van der Waals surface area contributed by atoms with Gasteiger partial charge in [0.2, 0.25) is 5.91 Å². The molecule has 1 atom stereocenters. The van der Waals surface area contributed by atoms with E-state index in [-0.39, 0.29) is 22.1 Å². The van der Waals surface area contributed by atoms with Gasteiger partial charge in [0.05, 0.1) is 10.1 Å². The van der Waals surface area contributed by atoms with Crippen LogP contribution in [0.15, 0.2) is 39.6 Å². The number of rotatable bonds is 4. The first-order chi connectivity index (χ1) is 11.5. The lowest BCUT2D eigenvalue weighted by atomic mass is 9.94. The minimum Gasteiger partial charge on any atom is -0.287 e. The van der Waals surface area contributed by atoms with Gasteiger partial charge >= 0.3 is 0 Å². The Morgan fingerprint density at radius 3 is 2.46 bits per heavy atom. The molecule has 2 aliphatic rings. The van der Waals surface area contributed by atoms with E-state index in [1.165, 1.54) is 30.3 Å². The lowest BCUT2D eigenvalue weighted by Crippen LogP contribution is -2.42. The Balaban J connectivity index is 1.95. The third kappa shape index (κ3) is 3.52. The van der Waals surface area contributed by atoms with E-state index in [2.05, 4.69) is 4.40 Å². The topological polar surface area (TPSA) is 66.8 Å². The van der Waals surface area contributed by atoms with Crippen molar-refractivity contribution >= 4 is 32.9 Å². The second-order valence-electron chi connectivity index (χ2n) is 6.18. The van der Waals surface area contributed by atoms with Crippen LogP contribution in [0.3, 0.4) is 0 Å². The molecule has 0 radical (unpaired) electrons. The summed E-state index contributed by atoms with van der Waals surface area (Å²) in [5, 5.41) is 0.124. The van der Waals surface area contributed by atoms with Crippen LogP contribution in [-0.4, -0.2) is 35.7 Å². The van der Waals surface area contributed by atoms with Gasteiger partial charge in [0.25, 0.3) is 10.0 Å². The Bertz CT molecular complexity index is 725. The third-order valence-electron chi connectivity index (χ3n) is 4.52. The van der Waals surface area contributed by atoms with Gasteiger partial charge in [-0.2, -0.15) is 8.42 Å². The second-order valence-corrected chi connectivity index (χ2v) is 8.95. The van der Waals surface area contributed by atoms with E-state index >= 15 is 0 Å². The van der Waals surface area contributed by atoms with Crippen molar-refractivity contribution in [3.63, 3.8) is 0 Å². The highest BCUT2D eigenvalue weighted by Gasteiger charge is 2.42. The van der Waals surface area contributed by atoms with E-state index < -0.39 is 10.0 Å². The first-order valence-electron chi connectivity index (χ1n) is 8.42. The summed E-state index contributed by atoms with van der Waals surface area (Å²) in [6.07, 6.45) is 5.86. The molecule has 1 saturated carbocycles. The van der Waals surface area contributed by atoms with Crippen molar-refractivity contribution in [3.8, 4) is 0 Å². The van der Waals surface area contributed by atoms with Gasteiger partial charge in [-0.3, -0.25) is 9.69 Å². The fourth-order valence-electron chi connectivity index (χ4n) is 3.23. The molecule has 0 aromatic heterocycles. The summed E-state index contributed by atoms with van der Waals surface area (Å²) in [6, 6.07) is 8.26. The number of hydrogen-bond acceptors (Lipinski definition) is 4. The zero-order valence-corrected chi connectivity index (χ0v) is 15.4. The molecule has 1 amide bonds. The Labute approximate surface area is 147 Å². The van der Waals surface area contributed by atoms with Crippen molar-refractivity contribution in [1.82, 2.24) is 4.90 Å². The van der Waals surface area contributed by atoms with Gasteiger partial charge in [0.1, 0.15) is 0 Å². The molecule has 3 rings (SSSR count). The molecule has 5 nitrogen and oxygen atoms in total. The van der Waals surface area contributed by atoms with Gasteiger partial charge in [-0.05, 0) is 31.4 Å². The van der Waals surface area contributed by atoms with E-state index in [0.29, 0.717) is 11.6 Å². The van der Waals surface area contributed by atoms with Crippen molar-refractivity contribution < 1.29 is 13.2 Å². The molecular weight excluding hydrogens is 344 g/mol. The van der Waals surface area contributed by atoms with Crippen LogP contribution in [0.4, 0.5) is 0 Å². The average Bonchev–Trinajstić information content (AvgIpc) is 2.91. The Morgan fingerprint density at radius 1 is 1.17 bits per heavy atom. The molecule has 0 spiro atoms.